The summed E-state index contributed by atoms with van der Waals surface area (Å²) in [4.78, 5) is 13.8. The fourth-order valence-corrected chi connectivity index (χ4v) is 1.33. The van der Waals surface area contributed by atoms with Gasteiger partial charge in [-0.05, 0) is 36.6 Å². The van der Waals surface area contributed by atoms with Gasteiger partial charge in [-0.1, -0.05) is 0 Å². The Morgan fingerprint density at radius 2 is 2.33 bits per heavy atom. The molecule has 12 heavy (non-hydrogen) atoms. The van der Waals surface area contributed by atoms with Crippen molar-refractivity contribution in [3.05, 3.63) is 23.1 Å². The van der Waals surface area contributed by atoms with E-state index in [0.717, 1.165) is 12.8 Å². The maximum absolute atomic E-state index is 10.1. The largest absolute Gasteiger partial charge is 0.447 e. The number of rotatable bonds is 2. The highest BCUT2D eigenvalue weighted by Crippen LogP contribution is 2.49. The fourth-order valence-electron chi connectivity index (χ4n) is 1.18. The Labute approximate surface area is 74.0 Å². The third-order valence-electron chi connectivity index (χ3n) is 2.02. The van der Waals surface area contributed by atoms with Crippen molar-refractivity contribution in [2.24, 2.45) is 4.99 Å². The van der Waals surface area contributed by atoms with Crippen LogP contribution < -0.4 is 0 Å². The smallest absolute Gasteiger partial charge is 0.235 e. The predicted molar refractivity (Wildman–Crippen MR) is 42.8 cm³/mol. The van der Waals surface area contributed by atoms with E-state index >= 15 is 0 Å². The molecule has 1 aliphatic rings. The summed E-state index contributed by atoms with van der Waals surface area (Å²) in [6.45, 7) is 0. The molecule has 1 saturated carbocycles. The lowest BCUT2D eigenvalue weighted by Gasteiger charge is -2.00. The number of hydrogen-bond donors (Lipinski definition) is 0. The van der Waals surface area contributed by atoms with Crippen LogP contribution in [0.2, 0.25) is 5.22 Å². The van der Waals surface area contributed by atoms with Crippen molar-refractivity contribution in [3.63, 3.8) is 0 Å². The molecule has 0 aliphatic heterocycles. The second-order valence-corrected chi connectivity index (χ2v) is 3.21. The Bertz CT molecular complexity index is 348. The normalized spacial score (nSPS) is 18.4. The number of nitrogens with zero attached hydrogens (tertiary/aromatic N) is 1. The summed E-state index contributed by atoms with van der Waals surface area (Å²) in [6.07, 6.45) is 3.23. The molecule has 0 N–H and O–H groups in total. The zero-order valence-electron chi connectivity index (χ0n) is 6.21. The Hall–Kier alpha value is -1.05. The van der Waals surface area contributed by atoms with Gasteiger partial charge in [-0.15, -0.1) is 0 Å². The predicted octanol–water partition coefficient (Wildman–Crippen LogP) is 2.26. The Morgan fingerprint density at radius 3 is 2.75 bits per heavy atom. The highest BCUT2D eigenvalue weighted by molar-refractivity contribution is 6.28. The molecule has 1 aliphatic carbocycles. The van der Waals surface area contributed by atoms with Gasteiger partial charge in [0, 0.05) is 0 Å². The van der Waals surface area contributed by atoms with Crippen LogP contribution in [-0.4, -0.2) is 6.08 Å². The fraction of sp³-hybridized carbons (Fsp3) is 0.375. The van der Waals surface area contributed by atoms with Gasteiger partial charge in [-0.2, -0.15) is 4.99 Å². The molecule has 62 valence electrons. The van der Waals surface area contributed by atoms with Gasteiger partial charge >= 0.3 is 0 Å². The van der Waals surface area contributed by atoms with Crippen molar-refractivity contribution in [1.82, 2.24) is 0 Å². The molecule has 3 nitrogen and oxygen atoms in total. The van der Waals surface area contributed by atoms with E-state index in [1.165, 1.54) is 0 Å². The first-order valence-electron chi connectivity index (χ1n) is 3.62. The zero-order chi connectivity index (χ0) is 8.60. The van der Waals surface area contributed by atoms with Crippen LogP contribution in [0.25, 0.3) is 0 Å². The van der Waals surface area contributed by atoms with Gasteiger partial charge in [0.15, 0.2) is 5.22 Å². The quantitative estimate of drug-likeness (QED) is 0.521. The van der Waals surface area contributed by atoms with Gasteiger partial charge < -0.3 is 4.42 Å². The highest BCUT2D eigenvalue weighted by Gasteiger charge is 2.47. The number of halogens is 1. The molecule has 0 aromatic carbocycles. The Balaban J connectivity index is 2.36. The maximum atomic E-state index is 10.1. The molecule has 1 aromatic heterocycles. The molecule has 1 fully saturated rings. The Kier molecular flexibility index (Phi) is 1.56. The molecular weight excluding hydrogens is 178 g/mol. The number of aliphatic imine (C=N–C) groups is 1. The molecule has 0 saturated heterocycles. The van der Waals surface area contributed by atoms with Crippen molar-refractivity contribution in [2.45, 2.75) is 18.4 Å². The molecule has 0 spiro atoms. The van der Waals surface area contributed by atoms with Gasteiger partial charge in [-0.3, -0.25) is 0 Å². The summed E-state index contributed by atoms with van der Waals surface area (Å²) >= 11 is 5.59. The van der Waals surface area contributed by atoms with E-state index < -0.39 is 5.54 Å². The second-order valence-electron chi connectivity index (χ2n) is 2.84. The number of hydrogen-bond acceptors (Lipinski definition) is 3. The van der Waals surface area contributed by atoms with Crippen LogP contribution in [0.4, 0.5) is 0 Å². The van der Waals surface area contributed by atoms with Gasteiger partial charge in [-0.25, -0.2) is 4.79 Å². The van der Waals surface area contributed by atoms with Crippen LogP contribution >= 0.6 is 11.6 Å². The first kappa shape index (κ1) is 7.59. The SMILES string of the molecule is O=C=NC1(c2ccc(Cl)o2)CC1. The summed E-state index contributed by atoms with van der Waals surface area (Å²) in [5, 5.41) is 0.331. The standard InChI is InChI=1S/C8H6ClNO2/c9-7-2-1-6(12-7)8(3-4-8)10-5-11/h1-2H,3-4H2. The van der Waals surface area contributed by atoms with E-state index in [2.05, 4.69) is 4.99 Å². The third-order valence-corrected chi connectivity index (χ3v) is 2.22. The topological polar surface area (TPSA) is 42.6 Å². The van der Waals surface area contributed by atoms with Crippen molar-refractivity contribution >= 4 is 17.7 Å². The van der Waals surface area contributed by atoms with Crippen molar-refractivity contribution in [3.8, 4) is 0 Å². The molecule has 0 radical (unpaired) electrons. The van der Waals surface area contributed by atoms with E-state index in [-0.39, 0.29) is 0 Å². The average Bonchev–Trinajstić information content (AvgIpc) is 2.69. The lowest BCUT2D eigenvalue weighted by Crippen LogP contribution is -1.99. The monoisotopic (exact) mass is 183 g/mol. The van der Waals surface area contributed by atoms with Gasteiger partial charge in [0.25, 0.3) is 0 Å². The van der Waals surface area contributed by atoms with Crippen LogP contribution in [0.5, 0.6) is 0 Å². The van der Waals surface area contributed by atoms with Crippen molar-refractivity contribution < 1.29 is 9.21 Å². The van der Waals surface area contributed by atoms with Crippen LogP contribution in [0, 0.1) is 0 Å². The van der Waals surface area contributed by atoms with Crippen molar-refractivity contribution in [1.29, 1.82) is 0 Å². The third kappa shape index (κ3) is 1.07. The van der Waals surface area contributed by atoms with Crippen LogP contribution in [-0.2, 0) is 10.3 Å². The molecule has 4 heteroatoms. The maximum Gasteiger partial charge on any atom is 0.235 e. The summed E-state index contributed by atoms with van der Waals surface area (Å²) in [5.41, 5.74) is -0.436. The summed E-state index contributed by atoms with van der Waals surface area (Å²) in [6, 6.07) is 3.40. The lowest BCUT2D eigenvalue weighted by molar-refractivity contribution is 0.456. The minimum absolute atomic E-state index is 0.331. The van der Waals surface area contributed by atoms with Gasteiger partial charge in [0.1, 0.15) is 11.3 Å². The minimum Gasteiger partial charge on any atom is -0.447 e. The molecule has 1 heterocycles. The molecule has 0 amide bonds. The van der Waals surface area contributed by atoms with E-state index in [0.29, 0.717) is 11.0 Å². The molecule has 0 unspecified atom stereocenters. The number of carbonyl (C=O) groups excluding carboxylic acids is 1. The van der Waals surface area contributed by atoms with Crippen LogP contribution in [0.15, 0.2) is 21.5 Å². The summed E-state index contributed by atoms with van der Waals surface area (Å²) in [5.74, 6) is 0.663. The summed E-state index contributed by atoms with van der Waals surface area (Å²) in [7, 11) is 0. The lowest BCUT2D eigenvalue weighted by atomic mass is 10.2. The van der Waals surface area contributed by atoms with Gasteiger partial charge in [0.05, 0.1) is 0 Å². The highest BCUT2D eigenvalue weighted by atomic mass is 35.5. The molecule has 0 atom stereocenters. The first-order valence-corrected chi connectivity index (χ1v) is 3.99. The van der Waals surface area contributed by atoms with E-state index in [1.54, 1.807) is 18.2 Å². The summed E-state index contributed by atoms with van der Waals surface area (Å²) < 4.78 is 5.16. The minimum atomic E-state index is -0.436. The van der Waals surface area contributed by atoms with Crippen LogP contribution in [0.3, 0.4) is 0 Å². The molecular formula is C8H6ClNO2. The average molecular weight is 184 g/mol. The molecule has 2 rings (SSSR count). The van der Waals surface area contributed by atoms with Gasteiger partial charge in [0.2, 0.25) is 6.08 Å². The molecule has 1 aromatic rings. The zero-order valence-corrected chi connectivity index (χ0v) is 6.97. The van der Waals surface area contributed by atoms with E-state index in [1.807, 2.05) is 0 Å². The van der Waals surface area contributed by atoms with E-state index in [4.69, 9.17) is 16.0 Å². The van der Waals surface area contributed by atoms with Crippen LogP contribution in [0.1, 0.15) is 18.6 Å². The number of furan rings is 1. The first-order chi connectivity index (χ1) is 5.77. The van der Waals surface area contributed by atoms with E-state index in [9.17, 15) is 4.79 Å². The van der Waals surface area contributed by atoms with Crippen molar-refractivity contribution in [2.75, 3.05) is 0 Å². The molecule has 0 bridgehead atoms. The Morgan fingerprint density at radius 1 is 1.58 bits per heavy atom. The number of isocyanates is 1. The second kappa shape index (κ2) is 2.47.